The molecular weight excluding hydrogens is 269 g/mol. The Balaban J connectivity index is 1.76. The van der Waals surface area contributed by atoms with E-state index < -0.39 is 0 Å². The molecular formula is C14H13ClFNS. The molecule has 18 heavy (non-hydrogen) atoms. The first-order valence-corrected chi connectivity index (χ1v) is 7.19. The third-order valence-electron chi connectivity index (χ3n) is 3.01. The van der Waals surface area contributed by atoms with Gasteiger partial charge in [0.05, 0.1) is 5.02 Å². The predicted octanol–water partition coefficient (Wildman–Crippen LogP) is 4.46. The van der Waals surface area contributed by atoms with Gasteiger partial charge in [-0.25, -0.2) is 4.39 Å². The summed E-state index contributed by atoms with van der Waals surface area (Å²) < 4.78 is 13.1. The van der Waals surface area contributed by atoms with Gasteiger partial charge in [0.25, 0.3) is 0 Å². The Morgan fingerprint density at radius 1 is 1.28 bits per heavy atom. The van der Waals surface area contributed by atoms with E-state index in [0.29, 0.717) is 0 Å². The van der Waals surface area contributed by atoms with Gasteiger partial charge in [-0.3, -0.25) is 0 Å². The molecule has 0 bridgehead atoms. The first kappa shape index (κ1) is 12.2. The van der Waals surface area contributed by atoms with Crippen molar-refractivity contribution in [3.8, 4) is 10.4 Å². The average molecular weight is 282 g/mol. The molecule has 0 spiro atoms. The first-order chi connectivity index (χ1) is 8.72. The van der Waals surface area contributed by atoms with Crippen LogP contribution in [0.2, 0.25) is 5.02 Å². The summed E-state index contributed by atoms with van der Waals surface area (Å²) in [6, 6.07) is 9.77. The van der Waals surface area contributed by atoms with Crippen LogP contribution >= 0.6 is 22.9 Å². The molecule has 1 fully saturated rings. The molecule has 1 saturated carbocycles. The Morgan fingerprint density at radius 2 is 2.11 bits per heavy atom. The molecule has 3 rings (SSSR count). The molecule has 1 aliphatic rings. The Bertz CT molecular complexity index is 563. The van der Waals surface area contributed by atoms with Gasteiger partial charge in [-0.05, 0) is 42.7 Å². The normalized spacial score (nSPS) is 15.0. The van der Waals surface area contributed by atoms with Crippen LogP contribution < -0.4 is 5.32 Å². The minimum atomic E-state index is -0.368. The van der Waals surface area contributed by atoms with E-state index in [0.717, 1.165) is 23.0 Å². The zero-order valence-electron chi connectivity index (χ0n) is 9.75. The zero-order valence-corrected chi connectivity index (χ0v) is 11.3. The molecule has 0 saturated heterocycles. The Morgan fingerprint density at radius 3 is 2.83 bits per heavy atom. The molecule has 4 heteroatoms. The van der Waals surface area contributed by atoms with E-state index in [-0.39, 0.29) is 10.8 Å². The Kier molecular flexibility index (Phi) is 3.37. The van der Waals surface area contributed by atoms with Crippen LogP contribution in [-0.2, 0) is 6.54 Å². The van der Waals surface area contributed by atoms with Gasteiger partial charge < -0.3 is 5.32 Å². The molecule has 0 unspecified atom stereocenters. The maximum Gasteiger partial charge on any atom is 0.141 e. The van der Waals surface area contributed by atoms with E-state index in [1.165, 1.54) is 23.8 Å². The topological polar surface area (TPSA) is 12.0 Å². The van der Waals surface area contributed by atoms with Gasteiger partial charge in [0.1, 0.15) is 5.82 Å². The first-order valence-electron chi connectivity index (χ1n) is 6.00. The standard InChI is InChI=1S/C14H13ClFNS/c15-12-7-9(1-5-13(12)16)14-6-4-11(18-14)8-17-10-2-3-10/h1,4-7,10,17H,2-3,8H2. The number of nitrogens with one attached hydrogen (secondary N) is 1. The molecule has 1 aromatic carbocycles. The lowest BCUT2D eigenvalue weighted by Gasteiger charge is -2.00. The van der Waals surface area contributed by atoms with Crippen LogP contribution in [0, 0.1) is 5.82 Å². The van der Waals surface area contributed by atoms with E-state index in [4.69, 9.17) is 11.6 Å². The molecule has 1 aliphatic carbocycles. The fraction of sp³-hybridized carbons (Fsp3) is 0.286. The highest BCUT2D eigenvalue weighted by atomic mass is 35.5. The summed E-state index contributed by atoms with van der Waals surface area (Å²) in [6.45, 7) is 0.921. The van der Waals surface area contributed by atoms with Gasteiger partial charge in [-0.2, -0.15) is 0 Å². The molecule has 2 aromatic rings. The molecule has 1 nitrogen and oxygen atoms in total. The van der Waals surface area contributed by atoms with E-state index in [9.17, 15) is 4.39 Å². The lowest BCUT2D eigenvalue weighted by Crippen LogP contribution is -2.14. The summed E-state index contributed by atoms with van der Waals surface area (Å²) in [6.07, 6.45) is 2.59. The predicted molar refractivity (Wildman–Crippen MR) is 74.6 cm³/mol. The van der Waals surface area contributed by atoms with Crippen molar-refractivity contribution in [1.82, 2.24) is 5.32 Å². The van der Waals surface area contributed by atoms with Gasteiger partial charge in [0, 0.05) is 22.3 Å². The SMILES string of the molecule is Fc1ccc(-c2ccc(CNC3CC3)s2)cc1Cl. The number of halogens is 2. The minimum Gasteiger partial charge on any atom is -0.309 e. The number of thiophene rings is 1. The average Bonchev–Trinajstić information content (AvgIpc) is 3.08. The second-order valence-corrected chi connectivity index (χ2v) is 6.13. The third kappa shape index (κ3) is 2.74. The van der Waals surface area contributed by atoms with E-state index in [2.05, 4.69) is 17.4 Å². The molecule has 0 amide bonds. The molecule has 0 aliphatic heterocycles. The van der Waals surface area contributed by atoms with Gasteiger partial charge >= 0.3 is 0 Å². The molecule has 1 aromatic heterocycles. The zero-order chi connectivity index (χ0) is 12.5. The highest BCUT2D eigenvalue weighted by Gasteiger charge is 2.20. The van der Waals surface area contributed by atoms with Crippen molar-refractivity contribution >= 4 is 22.9 Å². The van der Waals surface area contributed by atoms with Gasteiger partial charge in [-0.1, -0.05) is 17.7 Å². The van der Waals surface area contributed by atoms with Gasteiger partial charge in [-0.15, -0.1) is 11.3 Å². The van der Waals surface area contributed by atoms with Crippen molar-refractivity contribution in [1.29, 1.82) is 0 Å². The van der Waals surface area contributed by atoms with Crippen molar-refractivity contribution in [2.45, 2.75) is 25.4 Å². The summed E-state index contributed by atoms with van der Waals surface area (Å²) in [5.74, 6) is -0.368. The largest absolute Gasteiger partial charge is 0.309 e. The van der Waals surface area contributed by atoms with Crippen molar-refractivity contribution in [2.75, 3.05) is 0 Å². The summed E-state index contributed by atoms with van der Waals surface area (Å²) in [4.78, 5) is 2.43. The molecule has 1 N–H and O–H groups in total. The number of rotatable bonds is 4. The van der Waals surface area contributed by atoms with Gasteiger partial charge in [0.15, 0.2) is 0 Å². The van der Waals surface area contributed by atoms with Crippen molar-refractivity contribution in [3.05, 3.63) is 46.0 Å². The van der Waals surface area contributed by atoms with E-state index in [1.807, 2.05) is 0 Å². The van der Waals surface area contributed by atoms with Crippen LogP contribution in [0.5, 0.6) is 0 Å². The number of benzene rings is 1. The Hall–Kier alpha value is -0.900. The maximum atomic E-state index is 13.1. The lowest BCUT2D eigenvalue weighted by molar-refractivity contribution is 0.628. The lowest BCUT2D eigenvalue weighted by atomic mass is 10.2. The molecule has 0 radical (unpaired) electrons. The highest BCUT2D eigenvalue weighted by Crippen LogP contribution is 2.31. The van der Waals surface area contributed by atoms with Crippen LogP contribution in [0.4, 0.5) is 4.39 Å². The second-order valence-electron chi connectivity index (χ2n) is 4.55. The van der Waals surface area contributed by atoms with Crippen molar-refractivity contribution < 1.29 is 4.39 Å². The van der Waals surface area contributed by atoms with E-state index >= 15 is 0 Å². The number of hydrogen-bond donors (Lipinski definition) is 1. The van der Waals surface area contributed by atoms with Crippen molar-refractivity contribution in [2.24, 2.45) is 0 Å². The summed E-state index contributed by atoms with van der Waals surface area (Å²) in [5, 5.41) is 3.66. The maximum absolute atomic E-state index is 13.1. The monoisotopic (exact) mass is 281 g/mol. The van der Waals surface area contributed by atoms with Gasteiger partial charge in [0.2, 0.25) is 0 Å². The third-order valence-corrected chi connectivity index (χ3v) is 4.43. The highest BCUT2D eigenvalue weighted by molar-refractivity contribution is 7.15. The molecule has 1 heterocycles. The van der Waals surface area contributed by atoms with Crippen LogP contribution in [-0.4, -0.2) is 6.04 Å². The van der Waals surface area contributed by atoms with Crippen molar-refractivity contribution in [3.63, 3.8) is 0 Å². The van der Waals surface area contributed by atoms with Crippen LogP contribution in [0.15, 0.2) is 30.3 Å². The summed E-state index contributed by atoms with van der Waals surface area (Å²) in [7, 11) is 0. The summed E-state index contributed by atoms with van der Waals surface area (Å²) in [5.41, 5.74) is 0.976. The van der Waals surface area contributed by atoms with Crippen LogP contribution in [0.25, 0.3) is 10.4 Å². The second kappa shape index (κ2) is 5.00. The van der Waals surface area contributed by atoms with E-state index in [1.54, 1.807) is 23.5 Å². The fourth-order valence-electron chi connectivity index (χ4n) is 1.81. The Labute approximate surface area is 115 Å². The van der Waals surface area contributed by atoms with Crippen LogP contribution in [0.3, 0.4) is 0 Å². The van der Waals surface area contributed by atoms with Crippen LogP contribution in [0.1, 0.15) is 17.7 Å². The minimum absolute atomic E-state index is 0.179. The molecule has 94 valence electrons. The fourth-order valence-corrected chi connectivity index (χ4v) is 2.95. The molecule has 0 atom stereocenters. The quantitative estimate of drug-likeness (QED) is 0.872. The smallest absolute Gasteiger partial charge is 0.141 e. The number of hydrogen-bond acceptors (Lipinski definition) is 2. The summed E-state index contributed by atoms with van der Waals surface area (Å²) >= 11 is 7.53.